The molecular formula is C7H7N3S. The topological polar surface area (TPSA) is 54.7 Å². The zero-order valence-corrected chi connectivity index (χ0v) is 6.56. The lowest BCUT2D eigenvalue weighted by Crippen LogP contribution is -1.73. The Kier molecular flexibility index (Phi) is 1.40. The van der Waals surface area contributed by atoms with Gasteiger partial charge >= 0.3 is 0 Å². The van der Waals surface area contributed by atoms with Crippen molar-refractivity contribution in [2.75, 3.05) is 5.73 Å². The van der Waals surface area contributed by atoms with Crippen LogP contribution in [0, 0.1) is 0 Å². The molecule has 0 aliphatic heterocycles. The van der Waals surface area contributed by atoms with Crippen LogP contribution in [0.4, 0.5) is 5.00 Å². The molecule has 3 N–H and O–H groups in total. The number of hydrogen-bond acceptors (Lipinski definition) is 3. The van der Waals surface area contributed by atoms with Crippen molar-refractivity contribution in [1.82, 2.24) is 10.2 Å². The number of nitrogens with two attached hydrogens (primary N) is 1. The van der Waals surface area contributed by atoms with E-state index in [-0.39, 0.29) is 0 Å². The number of hydrogen-bond donors (Lipinski definition) is 2. The predicted octanol–water partition coefficient (Wildman–Crippen LogP) is 1.72. The second-order valence-corrected chi connectivity index (χ2v) is 3.29. The molecule has 0 saturated carbocycles. The SMILES string of the molecule is Nc1ccc(-c2ccn[nH]2)s1. The maximum atomic E-state index is 5.57. The summed E-state index contributed by atoms with van der Waals surface area (Å²) in [5, 5.41) is 7.55. The quantitative estimate of drug-likeness (QED) is 0.676. The molecule has 0 atom stereocenters. The largest absolute Gasteiger partial charge is 0.391 e. The fraction of sp³-hybridized carbons (Fsp3) is 0. The Labute approximate surface area is 67.9 Å². The summed E-state index contributed by atoms with van der Waals surface area (Å²) in [6.07, 6.45) is 1.73. The van der Waals surface area contributed by atoms with Gasteiger partial charge in [0.2, 0.25) is 0 Å². The molecular weight excluding hydrogens is 158 g/mol. The highest BCUT2D eigenvalue weighted by Gasteiger charge is 2.00. The highest BCUT2D eigenvalue weighted by molar-refractivity contribution is 7.19. The monoisotopic (exact) mass is 165 g/mol. The Morgan fingerprint density at radius 1 is 1.36 bits per heavy atom. The molecule has 0 radical (unpaired) electrons. The average molecular weight is 165 g/mol. The van der Waals surface area contributed by atoms with Gasteiger partial charge in [-0.25, -0.2) is 0 Å². The van der Waals surface area contributed by atoms with Gasteiger partial charge in [0.25, 0.3) is 0 Å². The smallest absolute Gasteiger partial charge is 0.0863 e. The molecule has 0 aliphatic carbocycles. The Balaban J connectivity index is 2.45. The van der Waals surface area contributed by atoms with E-state index in [1.165, 1.54) is 0 Å². The summed E-state index contributed by atoms with van der Waals surface area (Å²) in [7, 11) is 0. The van der Waals surface area contributed by atoms with Crippen LogP contribution in [-0.2, 0) is 0 Å². The van der Waals surface area contributed by atoms with Crippen molar-refractivity contribution in [3.63, 3.8) is 0 Å². The minimum atomic E-state index is 0.828. The molecule has 11 heavy (non-hydrogen) atoms. The van der Waals surface area contributed by atoms with Gasteiger partial charge in [0.05, 0.1) is 15.6 Å². The summed E-state index contributed by atoms with van der Waals surface area (Å²) >= 11 is 1.55. The molecule has 0 spiro atoms. The Morgan fingerprint density at radius 3 is 2.82 bits per heavy atom. The van der Waals surface area contributed by atoms with Crippen LogP contribution in [0.1, 0.15) is 0 Å². The minimum Gasteiger partial charge on any atom is -0.391 e. The molecule has 2 aromatic rings. The maximum Gasteiger partial charge on any atom is 0.0863 e. The molecule has 0 amide bonds. The van der Waals surface area contributed by atoms with Gasteiger partial charge in [-0.1, -0.05) is 0 Å². The summed E-state index contributed by atoms with van der Waals surface area (Å²) in [6.45, 7) is 0. The van der Waals surface area contributed by atoms with Crippen molar-refractivity contribution in [3.05, 3.63) is 24.4 Å². The van der Waals surface area contributed by atoms with E-state index in [0.717, 1.165) is 15.6 Å². The number of nitrogens with one attached hydrogen (secondary N) is 1. The fourth-order valence-electron chi connectivity index (χ4n) is 0.891. The van der Waals surface area contributed by atoms with Gasteiger partial charge in [0.15, 0.2) is 0 Å². The number of rotatable bonds is 1. The van der Waals surface area contributed by atoms with Gasteiger partial charge in [-0.15, -0.1) is 11.3 Å². The van der Waals surface area contributed by atoms with E-state index in [0.29, 0.717) is 0 Å². The first kappa shape index (κ1) is 6.42. The Bertz CT molecular complexity index is 336. The molecule has 56 valence electrons. The number of H-pyrrole nitrogens is 1. The summed E-state index contributed by atoms with van der Waals surface area (Å²) in [6, 6.07) is 5.79. The molecule has 2 heterocycles. The van der Waals surface area contributed by atoms with Gasteiger partial charge in [0, 0.05) is 6.20 Å². The van der Waals surface area contributed by atoms with Crippen LogP contribution in [0.15, 0.2) is 24.4 Å². The molecule has 0 aromatic carbocycles. The molecule has 3 nitrogen and oxygen atoms in total. The zero-order chi connectivity index (χ0) is 7.68. The Hall–Kier alpha value is -1.29. The molecule has 0 fully saturated rings. The van der Waals surface area contributed by atoms with E-state index < -0.39 is 0 Å². The van der Waals surface area contributed by atoms with Crippen LogP contribution in [0.5, 0.6) is 0 Å². The number of nitrogens with zero attached hydrogens (tertiary/aromatic N) is 1. The lowest BCUT2D eigenvalue weighted by atomic mass is 10.3. The fourth-order valence-corrected chi connectivity index (χ4v) is 1.64. The molecule has 2 aromatic heterocycles. The van der Waals surface area contributed by atoms with E-state index in [4.69, 9.17) is 5.73 Å². The van der Waals surface area contributed by atoms with Crippen LogP contribution < -0.4 is 5.73 Å². The number of anilines is 1. The zero-order valence-electron chi connectivity index (χ0n) is 5.74. The van der Waals surface area contributed by atoms with Crippen LogP contribution in [0.25, 0.3) is 10.6 Å². The summed E-state index contributed by atoms with van der Waals surface area (Å²) in [5.41, 5.74) is 6.59. The van der Waals surface area contributed by atoms with Crippen molar-refractivity contribution in [2.45, 2.75) is 0 Å². The van der Waals surface area contributed by atoms with Crippen LogP contribution in [0.2, 0.25) is 0 Å². The Morgan fingerprint density at radius 2 is 2.27 bits per heavy atom. The van der Waals surface area contributed by atoms with Gasteiger partial charge in [-0.2, -0.15) is 5.10 Å². The molecule has 2 rings (SSSR count). The first-order chi connectivity index (χ1) is 5.36. The van der Waals surface area contributed by atoms with Gasteiger partial charge in [-0.3, -0.25) is 5.10 Å². The number of thiophene rings is 1. The van der Waals surface area contributed by atoms with Crippen molar-refractivity contribution in [3.8, 4) is 10.6 Å². The lowest BCUT2D eigenvalue weighted by molar-refractivity contribution is 1.10. The molecule has 4 heteroatoms. The minimum absolute atomic E-state index is 0.828. The predicted molar refractivity (Wildman–Crippen MR) is 46.3 cm³/mol. The van der Waals surface area contributed by atoms with Crippen molar-refractivity contribution in [1.29, 1.82) is 0 Å². The van der Waals surface area contributed by atoms with Crippen LogP contribution >= 0.6 is 11.3 Å². The average Bonchev–Trinajstić information content (AvgIpc) is 2.55. The van der Waals surface area contributed by atoms with Crippen LogP contribution in [-0.4, -0.2) is 10.2 Å². The molecule has 0 saturated heterocycles. The standard InChI is InChI=1S/C7H7N3S/c8-7-2-1-6(11-7)5-3-4-9-10-5/h1-4H,8H2,(H,9,10). The van der Waals surface area contributed by atoms with E-state index in [1.807, 2.05) is 18.2 Å². The first-order valence-corrected chi connectivity index (χ1v) is 4.03. The normalized spacial score (nSPS) is 10.2. The van der Waals surface area contributed by atoms with E-state index in [2.05, 4.69) is 10.2 Å². The third kappa shape index (κ3) is 1.12. The van der Waals surface area contributed by atoms with Gasteiger partial charge < -0.3 is 5.73 Å². The molecule has 0 aliphatic rings. The van der Waals surface area contributed by atoms with Crippen molar-refractivity contribution < 1.29 is 0 Å². The number of nitrogen functional groups attached to an aromatic ring is 1. The second kappa shape index (κ2) is 2.39. The third-order valence-electron chi connectivity index (χ3n) is 1.39. The lowest BCUT2D eigenvalue weighted by Gasteiger charge is -1.86. The summed E-state index contributed by atoms with van der Waals surface area (Å²) in [5.74, 6) is 0. The van der Waals surface area contributed by atoms with Crippen LogP contribution in [0.3, 0.4) is 0 Å². The molecule has 0 unspecified atom stereocenters. The second-order valence-electron chi connectivity index (χ2n) is 2.17. The molecule has 0 bridgehead atoms. The highest BCUT2D eigenvalue weighted by Crippen LogP contribution is 2.27. The van der Waals surface area contributed by atoms with Crippen molar-refractivity contribution >= 4 is 16.3 Å². The van der Waals surface area contributed by atoms with Gasteiger partial charge in [0.1, 0.15) is 0 Å². The summed E-state index contributed by atoms with van der Waals surface area (Å²) in [4.78, 5) is 1.13. The number of aromatic nitrogens is 2. The van der Waals surface area contributed by atoms with Crippen molar-refractivity contribution in [2.24, 2.45) is 0 Å². The third-order valence-corrected chi connectivity index (χ3v) is 2.34. The maximum absolute atomic E-state index is 5.57. The highest BCUT2D eigenvalue weighted by atomic mass is 32.1. The number of aromatic amines is 1. The summed E-state index contributed by atoms with van der Waals surface area (Å²) < 4.78 is 0. The van der Waals surface area contributed by atoms with E-state index in [9.17, 15) is 0 Å². The first-order valence-electron chi connectivity index (χ1n) is 3.21. The van der Waals surface area contributed by atoms with E-state index in [1.54, 1.807) is 17.5 Å². The van der Waals surface area contributed by atoms with Gasteiger partial charge in [-0.05, 0) is 18.2 Å². The van der Waals surface area contributed by atoms with E-state index >= 15 is 0 Å².